The fraction of sp³-hybridized carbons (Fsp3) is 0.185. The minimum absolute atomic E-state index is 0.0117. The fourth-order valence-electron chi connectivity index (χ4n) is 4.50. The summed E-state index contributed by atoms with van der Waals surface area (Å²) in [5, 5.41) is 23.1. The zero-order valence-electron chi connectivity index (χ0n) is 19.7. The fourth-order valence-corrected chi connectivity index (χ4v) is 5.15. The molecule has 1 aliphatic rings. The molecular weight excluding hydrogens is 470 g/mol. The van der Waals surface area contributed by atoms with Gasteiger partial charge in [-0.25, -0.2) is 0 Å². The van der Waals surface area contributed by atoms with Crippen molar-refractivity contribution in [3.05, 3.63) is 71.6 Å². The van der Waals surface area contributed by atoms with Gasteiger partial charge in [0.05, 0.1) is 35.0 Å². The summed E-state index contributed by atoms with van der Waals surface area (Å²) in [5.74, 6) is 0.0117. The molecule has 5 heterocycles. The Morgan fingerprint density at radius 1 is 1.03 bits per heavy atom. The van der Waals surface area contributed by atoms with Gasteiger partial charge in [0.2, 0.25) is 5.91 Å². The highest BCUT2D eigenvalue weighted by atomic mass is 32.1. The van der Waals surface area contributed by atoms with Gasteiger partial charge in [-0.2, -0.15) is 16.4 Å². The number of hydrogen-bond donors (Lipinski definition) is 4. The molecule has 5 aromatic rings. The molecule has 0 radical (unpaired) electrons. The van der Waals surface area contributed by atoms with Crippen molar-refractivity contribution < 1.29 is 4.79 Å². The molecule has 0 saturated heterocycles. The van der Waals surface area contributed by atoms with Gasteiger partial charge in [0.1, 0.15) is 11.9 Å². The molecule has 0 aliphatic carbocycles. The number of carbonyl (C=O) groups excluding carboxylic acids is 1. The second-order valence-corrected chi connectivity index (χ2v) is 9.61. The maximum absolute atomic E-state index is 12.2. The van der Waals surface area contributed by atoms with E-state index in [0.717, 1.165) is 63.1 Å². The molecule has 8 nitrogen and oxygen atoms in total. The van der Waals surface area contributed by atoms with Gasteiger partial charge >= 0.3 is 0 Å². The zero-order valence-corrected chi connectivity index (χ0v) is 20.5. The van der Waals surface area contributed by atoms with Crippen LogP contribution in [0.2, 0.25) is 0 Å². The van der Waals surface area contributed by atoms with Crippen LogP contribution in [0.15, 0.2) is 65.9 Å². The topological polar surface area (TPSA) is 108 Å². The number of unbranched alkanes of at least 4 members (excludes halogenated alkanes) is 1. The maximum Gasteiger partial charge on any atom is 0.224 e. The second-order valence-electron chi connectivity index (χ2n) is 8.83. The van der Waals surface area contributed by atoms with Gasteiger partial charge in [0.15, 0.2) is 0 Å². The number of carbonyl (C=O) groups is 1. The lowest BCUT2D eigenvalue weighted by atomic mass is 10.0. The van der Waals surface area contributed by atoms with E-state index in [1.807, 2.05) is 36.8 Å². The van der Waals surface area contributed by atoms with E-state index in [4.69, 9.17) is 0 Å². The summed E-state index contributed by atoms with van der Waals surface area (Å²) in [6.45, 7) is 2.07. The Labute approximate surface area is 212 Å². The van der Waals surface area contributed by atoms with Crippen LogP contribution in [0.25, 0.3) is 33.2 Å². The van der Waals surface area contributed by atoms with Crippen molar-refractivity contribution in [1.29, 1.82) is 0 Å². The van der Waals surface area contributed by atoms with Gasteiger partial charge in [-0.05, 0) is 52.6 Å². The van der Waals surface area contributed by atoms with E-state index in [1.54, 1.807) is 17.5 Å². The molecule has 4 aromatic heterocycles. The van der Waals surface area contributed by atoms with E-state index >= 15 is 0 Å². The molecule has 0 fully saturated rings. The van der Waals surface area contributed by atoms with E-state index in [-0.39, 0.29) is 12.1 Å². The zero-order chi connectivity index (χ0) is 24.5. The number of anilines is 3. The van der Waals surface area contributed by atoms with Gasteiger partial charge in [-0.1, -0.05) is 19.4 Å². The molecule has 1 aliphatic heterocycles. The van der Waals surface area contributed by atoms with Crippen LogP contribution in [0.4, 0.5) is 17.1 Å². The lowest BCUT2D eigenvalue weighted by Gasteiger charge is -2.11. The molecule has 6 rings (SSSR count). The molecule has 36 heavy (non-hydrogen) atoms. The smallest absolute Gasteiger partial charge is 0.224 e. The summed E-state index contributed by atoms with van der Waals surface area (Å²) in [5.41, 5.74) is 8.62. The second kappa shape index (κ2) is 9.43. The van der Waals surface area contributed by atoms with Crippen LogP contribution < -0.4 is 16.0 Å². The lowest BCUT2D eigenvalue weighted by Crippen LogP contribution is -2.13. The highest BCUT2D eigenvalue weighted by molar-refractivity contribution is 7.08. The largest absolute Gasteiger partial charge is 0.358 e. The van der Waals surface area contributed by atoms with Crippen molar-refractivity contribution in [1.82, 2.24) is 20.2 Å². The van der Waals surface area contributed by atoms with Crippen LogP contribution in [-0.4, -0.2) is 26.1 Å². The van der Waals surface area contributed by atoms with Gasteiger partial charge in [0.25, 0.3) is 0 Å². The number of aromatic amines is 1. The van der Waals surface area contributed by atoms with Crippen molar-refractivity contribution in [2.45, 2.75) is 32.4 Å². The first-order valence-corrected chi connectivity index (χ1v) is 12.9. The monoisotopic (exact) mass is 495 g/mol. The number of pyridine rings is 2. The molecule has 1 aromatic carbocycles. The number of thiophene rings is 1. The first kappa shape index (κ1) is 22.2. The summed E-state index contributed by atoms with van der Waals surface area (Å²) in [7, 11) is 0. The van der Waals surface area contributed by atoms with Gasteiger partial charge < -0.3 is 16.0 Å². The number of aromatic nitrogens is 4. The van der Waals surface area contributed by atoms with E-state index in [1.165, 1.54) is 0 Å². The number of hydrogen-bond acceptors (Lipinski definition) is 7. The molecule has 180 valence electrons. The number of amides is 1. The Kier molecular flexibility index (Phi) is 5.82. The first-order valence-electron chi connectivity index (χ1n) is 12.0. The minimum atomic E-state index is -0.201. The Morgan fingerprint density at radius 3 is 2.81 bits per heavy atom. The maximum atomic E-state index is 12.2. The Balaban J connectivity index is 1.29. The number of nitrogens with zero attached hydrogens (tertiary/aromatic N) is 3. The molecule has 0 spiro atoms. The SMILES string of the molecule is CCCCC(=O)Nc1cncc(-c2ccc3[nH]nc(C4Nc5cncc(-c6ccsc6)c5N4)c3c2)c1. The summed E-state index contributed by atoms with van der Waals surface area (Å²) < 4.78 is 0. The molecule has 0 bridgehead atoms. The Hall–Kier alpha value is -4.24. The van der Waals surface area contributed by atoms with E-state index in [9.17, 15) is 4.79 Å². The normalized spacial score (nSPS) is 14.3. The lowest BCUT2D eigenvalue weighted by molar-refractivity contribution is -0.116. The molecule has 4 N–H and O–H groups in total. The summed E-state index contributed by atoms with van der Waals surface area (Å²) >= 11 is 1.67. The average Bonchev–Trinajstić information content (AvgIpc) is 3.66. The average molecular weight is 496 g/mol. The van der Waals surface area contributed by atoms with Crippen molar-refractivity contribution in [2.75, 3.05) is 16.0 Å². The van der Waals surface area contributed by atoms with E-state index < -0.39 is 0 Å². The molecule has 9 heteroatoms. The predicted octanol–water partition coefficient (Wildman–Crippen LogP) is 6.41. The number of benzene rings is 1. The number of rotatable bonds is 7. The van der Waals surface area contributed by atoms with Crippen LogP contribution in [0.3, 0.4) is 0 Å². The van der Waals surface area contributed by atoms with Crippen LogP contribution in [0.1, 0.15) is 38.0 Å². The predicted molar refractivity (Wildman–Crippen MR) is 145 cm³/mol. The summed E-state index contributed by atoms with van der Waals surface area (Å²) in [6.07, 6.45) is 9.38. The molecular formula is C27H25N7OS. The summed E-state index contributed by atoms with van der Waals surface area (Å²) in [6, 6.07) is 10.2. The highest BCUT2D eigenvalue weighted by Crippen LogP contribution is 2.43. The van der Waals surface area contributed by atoms with Crippen molar-refractivity contribution in [3.63, 3.8) is 0 Å². The number of nitrogens with one attached hydrogen (secondary N) is 4. The third-order valence-corrected chi connectivity index (χ3v) is 7.03. The van der Waals surface area contributed by atoms with Crippen LogP contribution in [0.5, 0.6) is 0 Å². The van der Waals surface area contributed by atoms with Crippen molar-refractivity contribution >= 4 is 45.2 Å². The standard InChI is InChI=1S/C27H25N7OS/c1-2-3-4-24(35)30-19-9-18(11-28-12-19)16-5-6-22-20(10-16)26(34-33-22)27-31-23-14-29-13-21(25(23)32-27)17-7-8-36-15-17/h5-15,27,31-32H,2-4H2,1H3,(H,30,35)(H,33,34). The Morgan fingerprint density at radius 2 is 1.94 bits per heavy atom. The number of fused-ring (bicyclic) bond motifs is 2. The van der Waals surface area contributed by atoms with Crippen LogP contribution >= 0.6 is 11.3 Å². The van der Waals surface area contributed by atoms with Gasteiger partial charge in [-0.15, -0.1) is 0 Å². The van der Waals surface area contributed by atoms with E-state index in [0.29, 0.717) is 12.1 Å². The van der Waals surface area contributed by atoms with E-state index in [2.05, 4.69) is 65.9 Å². The minimum Gasteiger partial charge on any atom is -0.358 e. The first-order chi connectivity index (χ1) is 17.7. The third-order valence-electron chi connectivity index (χ3n) is 6.35. The Bertz CT molecular complexity index is 1540. The quantitative estimate of drug-likeness (QED) is 0.208. The van der Waals surface area contributed by atoms with Crippen molar-refractivity contribution in [2.24, 2.45) is 0 Å². The van der Waals surface area contributed by atoms with Crippen LogP contribution in [-0.2, 0) is 4.79 Å². The third kappa shape index (κ3) is 4.18. The molecule has 1 amide bonds. The van der Waals surface area contributed by atoms with Crippen molar-refractivity contribution in [3.8, 4) is 22.3 Å². The molecule has 1 unspecified atom stereocenters. The number of H-pyrrole nitrogens is 1. The van der Waals surface area contributed by atoms with Gasteiger partial charge in [0, 0.05) is 35.3 Å². The molecule has 0 saturated carbocycles. The van der Waals surface area contributed by atoms with Gasteiger partial charge in [-0.3, -0.25) is 19.9 Å². The highest BCUT2D eigenvalue weighted by Gasteiger charge is 2.27. The van der Waals surface area contributed by atoms with Crippen LogP contribution in [0, 0.1) is 0 Å². The molecule has 1 atom stereocenters. The summed E-state index contributed by atoms with van der Waals surface area (Å²) in [4.78, 5) is 21.0.